The van der Waals surface area contributed by atoms with Crippen LogP contribution in [0.4, 0.5) is 22.7 Å². The molecule has 3 atom stereocenters. The summed E-state index contributed by atoms with van der Waals surface area (Å²) >= 11 is 0. The molecule has 0 aliphatic heterocycles. The van der Waals surface area contributed by atoms with E-state index in [1.54, 1.807) is 0 Å². The highest BCUT2D eigenvalue weighted by Gasteiger charge is 2.28. The van der Waals surface area contributed by atoms with Crippen LogP contribution in [-0.2, 0) is 0 Å². The van der Waals surface area contributed by atoms with E-state index in [1.165, 1.54) is 33.6 Å². The van der Waals surface area contributed by atoms with E-state index in [-0.39, 0.29) is 6.04 Å². The minimum Gasteiger partial charge on any atom is -0.337 e. The molecule has 0 fully saturated rings. The summed E-state index contributed by atoms with van der Waals surface area (Å²) in [5.74, 6) is 0.866. The summed E-state index contributed by atoms with van der Waals surface area (Å²) in [6.07, 6.45) is 16.9. The Morgan fingerprint density at radius 3 is 1.43 bits per heavy atom. The molecule has 2 nitrogen and oxygen atoms in total. The SMILES string of the molecule is CC1CC=CC=C1N(c1ccc(N(c2ccc(-c3ccccc3)cc2)c2ccc(-c3ccccc3)cc2)cc1)C1C=CC=CC1C. The van der Waals surface area contributed by atoms with Gasteiger partial charge in [-0.05, 0) is 95.1 Å². The molecule has 2 aliphatic carbocycles. The Hall–Kier alpha value is -5.34. The van der Waals surface area contributed by atoms with Crippen molar-refractivity contribution in [1.29, 1.82) is 0 Å². The summed E-state index contributed by atoms with van der Waals surface area (Å²) in [7, 11) is 0. The van der Waals surface area contributed by atoms with Crippen LogP contribution in [-0.4, -0.2) is 6.04 Å². The van der Waals surface area contributed by atoms with Crippen molar-refractivity contribution in [2.45, 2.75) is 26.3 Å². The molecule has 2 aliphatic rings. The average molecular weight is 597 g/mol. The van der Waals surface area contributed by atoms with Crippen molar-refractivity contribution in [1.82, 2.24) is 0 Å². The summed E-state index contributed by atoms with van der Waals surface area (Å²) in [5.41, 5.74) is 10.8. The standard InChI is InChI=1S/C44H40N2/c1-33-13-9-11-19-43(33)46(44-20-12-10-14-34(44)2)42-31-29-41(30-32-42)45(39-25-21-37(22-26-39)35-15-5-3-6-16-35)40-27-23-38(24-28-40)36-17-7-4-8-18-36/h3-13,15-34,43H,14H2,1-2H3. The first kappa shape index (κ1) is 29.4. The van der Waals surface area contributed by atoms with Crippen LogP contribution >= 0.6 is 0 Å². The molecule has 0 heterocycles. The fourth-order valence-electron chi connectivity index (χ4n) is 6.65. The Labute approximate surface area is 274 Å². The molecular weight excluding hydrogens is 556 g/mol. The van der Waals surface area contributed by atoms with E-state index >= 15 is 0 Å². The molecule has 0 bridgehead atoms. The summed E-state index contributed by atoms with van der Waals surface area (Å²) in [4.78, 5) is 4.91. The zero-order chi connectivity index (χ0) is 31.3. The maximum Gasteiger partial charge on any atom is 0.0582 e. The minimum absolute atomic E-state index is 0.267. The molecule has 0 saturated heterocycles. The number of benzene rings is 5. The van der Waals surface area contributed by atoms with Gasteiger partial charge in [-0.25, -0.2) is 0 Å². The highest BCUT2D eigenvalue weighted by atomic mass is 15.2. The molecule has 0 aromatic heterocycles. The second kappa shape index (κ2) is 13.3. The van der Waals surface area contributed by atoms with Gasteiger partial charge in [-0.15, -0.1) is 0 Å². The van der Waals surface area contributed by atoms with Gasteiger partial charge in [0.05, 0.1) is 6.04 Å². The maximum absolute atomic E-state index is 2.55. The molecule has 0 amide bonds. The van der Waals surface area contributed by atoms with Crippen LogP contribution in [0.15, 0.2) is 182 Å². The van der Waals surface area contributed by atoms with Gasteiger partial charge in [-0.1, -0.05) is 135 Å². The largest absolute Gasteiger partial charge is 0.337 e. The molecule has 5 aromatic carbocycles. The van der Waals surface area contributed by atoms with E-state index in [2.05, 4.69) is 200 Å². The summed E-state index contributed by atoms with van der Waals surface area (Å²) in [6.45, 7) is 4.65. The molecule has 0 saturated carbocycles. The van der Waals surface area contributed by atoms with E-state index in [0.717, 1.165) is 23.5 Å². The number of hydrogen-bond donors (Lipinski definition) is 0. The third kappa shape index (κ3) is 6.12. The lowest BCUT2D eigenvalue weighted by atomic mass is 9.90. The normalized spacial score (nSPS) is 18.7. The monoisotopic (exact) mass is 596 g/mol. The number of rotatable bonds is 8. The smallest absolute Gasteiger partial charge is 0.0582 e. The number of allylic oxidation sites excluding steroid dienone is 6. The van der Waals surface area contributed by atoms with Crippen molar-refractivity contribution >= 4 is 22.7 Å². The van der Waals surface area contributed by atoms with E-state index < -0.39 is 0 Å². The van der Waals surface area contributed by atoms with Gasteiger partial charge < -0.3 is 9.80 Å². The van der Waals surface area contributed by atoms with Crippen LogP contribution in [0.3, 0.4) is 0 Å². The van der Waals surface area contributed by atoms with Gasteiger partial charge in [0, 0.05) is 28.4 Å². The van der Waals surface area contributed by atoms with Gasteiger partial charge in [0.15, 0.2) is 0 Å². The maximum atomic E-state index is 2.55. The molecule has 5 aromatic rings. The van der Waals surface area contributed by atoms with Gasteiger partial charge in [-0.2, -0.15) is 0 Å². The second-order valence-corrected chi connectivity index (χ2v) is 12.3. The minimum atomic E-state index is 0.267. The van der Waals surface area contributed by atoms with Crippen LogP contribution in [0, 0.1) is 11.8 Å². The molecule has 3 unspecified atom stereocenters. The molecule has 2 heteroatoms. The lowest BCUT2D eigenvalue weighted by Crippen LogP contribution is -2.40. The van der Waals surface area contributed by atoms with Crippen LogP contribution in [0.1, 0.15) is 20.3 Å². The van der Waals surface area contributed by atoms with Crippen LogP contribution < -0.4 is 9.80 Å². The first-order chi connectivity index (χ1) is 22.7. The molecule has 46 heavy (non-hydrogen) atoms. The second-order valence-electron chi connectivity index (χ2n) is 12.3. The van der Waals surface area contributed by atoms with Crippen molar-refractivity contribution in [3.8, 4) is 22.3 Å². The fourth-order valence-corrected chi connectivity index (χ4v) is 6.65. The molecule has 7 rings (SSSR count). The topological polar surface area (TPSA) is 6.48 Å². The fraction of sp³-hybridized carbons (Fsp3) is 0.136. The van der Waals surface area contributed by atoms with E-state index in [9.17, 15) is 0 Å². The van der Waals surface area contributed by atoms with E-state index in [1.807, 2.05) is 0 Å². The average Bonchev–Trinajstić information content (AvgIpc) is 3.12. The van der Waals surface area contributed by atoms with Crippen LogP contribution in [0.25, 0.3) is 22.3 Å². The number of hydrogen-bond acceptors (Lipinski definition) is 2. The van der Waals surface area contributed by atoms with Gasteiger partial charge in [0.1, 0.15) is 0 Å². The highest BCUT2D eigenvalue weighted by Crippen LogP contribution is 2.40. The molecule has 0 radical (unpaired) electrons. The van der Waals surface area contributed by atoms with Crippen molar-refractivity contribution in [2.75, 3.05) is 9.80 Å². The molecule has 0 spiro atoms. The third-order valence-electron chi connectivity index (χ3n) is 9.20. The van der Waals surface area contributed by atoms with Gasteiger partial charge in [0.25, 0.3) is 0 Å². The lowest BCUT2D eigenvalue weighted by molar-refractivity contribution is 0.549. The summed E-state index contributed by atoms with van der Waals surface area (Å²) in [5, 5.41) is 0. The van der Waals surface area contributed by atoms with Gasteiger partial charge in [0.2, 0.25) is 0 Å². The van der Waals surface area contributed by atoms with Crippen molar-refractivity contribution < 1.29 is 0 Å². The van der Waals surface area contributed by atoms with Crippen molar-refractivity contribution in [2.24, 2.45) is 11.8 Å². The van der Waals surface area contributed by atoms with Gasteiger partial charge in [-0.3, -0.25) is 0 Å². The Morgan fingerprint density at radius 2 is 0.935 bits per heavy atom. The third-order valence-corrected chi connectivity index (χ3v) is 9.20. The first-order valence-electron chi connectivity index (χ1n) is 16.4. The van der Waals surface area contributed by atoms with Crippen LogP contribution in [0.5, 0.6) is 0 Å². The predicted octanol–water partition coefficient (Wildman–Crippen LogP) is 11.9. The van der Waals surface area contributed by atoms with Crippen LogP contribution in [0.2, 0.25) is 0 Å². The quantitative estimate of drug-likeness (QED) is 0.176. The zero-order valence-corrected chi connectivity index (χ0v) is 26.6. The summed E-state index contributed by atoms with van der Waals surface area (Å²) < 4.78 is 0. The molecule has 0 N–H and O–H groups in total. The highest BCUT2D eigenvalue weighted by molar-refractivity contribution is 5.80. The summed E-state index contributed by atoms with van der Waals surface area (Å²) in [6, 6.07) is 48.4. The van der Waals surface area contributed by atoms with Gasteiger partial charge >= 0.3 is 0 Å². The number of nitrogens with zero attached hydrogens (tertiary/aromatic N) is 2. The van der Waals surface area contributed by atoms with Crippen molar-refractivity contribution in [3.05, 3.63) is 182 Å². The first-order valence-corrected chi connectivity index (χ1v) is 16.4. The zero-order valence-electron chi connectivity index (χ0n) is 26.6. The number of anilines is 4. The Morgan fingerprint density at radius 1 is 0.478 bits per heavy atom. The predicted molar refractivity (Wildman–Crippen MR) is 197 cm³/mol. The molecule has 226 valence electrons. The van der Waals surface area contributed by atoms with E-state index in [4.69, 9.17) is 0 Å². The Kier molecular flexibility index (Phi) is 8.52. The Bertz CT molecular complexity index is 1780. The Balaban J connectivity index is 1.27. The molecular formula is C44H40N2. The lowest BCUT2D eigenvalue weighted by Gasteiger charge is -2.40. The van der Waals surface area contributed by atoms with Crippen molar-refractivity contribution in [3.63, 3.8) is 0 Å². The van der Waals surface area contributed by atoms with E-state index in [0.29, 0.717) is 11.8 Å².